The molecule has 0 saturated carbocycles. The van der Waals surface area contributed by atoms with Gasteiger partial charge in [-0.05, 0) is 38.5 Å². The van der Waals surface area contributed by atoms with E-state index in [-0.39, 0.29) is 18.0 Å². The van der Waals surface area contributed by atoms with Crippen molar-refractivity contribution >= 4 is 17.6 Å². The number of rotatable bonds is 8. The van der Waals surface area contributed by atoms with Crippen LogP contribution in [0.3, 0.4) is 0 Å². The number of urea groups is 1. The van der Waals surface area contributed by atoms with E-state index < -0.39 is 0 Å². The maximum absolute atomic E-state index is 12.2. The van der Waals surface area contributed by atoms with Crippen molar-refractivity contribution in [2.75, 3.05) is 5.32 Å². The van der Waals surface area contributed by atoms with Crippen LogP contribution in [0.15, 0.2) is 59.1 Å². The molecule has 162 valence electrons. The molecule has 0 bridgehead atoms. The van der Waals surface area contributed by atoms with Crippen LogP contribution in [0.25, 0.3) is 11.3 Å². The molecule has 7 nitrogen and oxygen atoms in total. The minimum Gasteiger partial charge on any atom is -0.441 e. The van der Waals surface area contributed by atoms with Crippen LogP contribution in [-0.2, 0) is 17.8 Å². The van der Waals surface area contributed by atoms with Crippen LogP contribution in [0, 0.1) is 6.92 Å². The van der Waals surface area contributed by atoms with Gasteiger partial charge in [0, 0.05) is 36.7 Å². The Morgan fingerprint density at radius 2 is 1.74 bits per heavy atom. The van der Waals surface area contributed by atoms with Crippen LogP contribution in [0.5, 0.6) is 0 Å². The molecule has 0 atom stereocenters. The molecule has 0 unspecified atom stereocenters. The molecular formula is C24H28N4O3. The van der Waals surface area contributed by atoms with Crippen molar-refractivity contribution in [2.45, 2.75) is 46.2 Å². The first-order valence-corrected chi connectivity index (χ1v) is 10.3. The predicted octanol–water partition coefficient (Wildman–Crippen LogP) is 4.43. The predicted molar refractivity (Wildman–Crippen MR) is 121 cm³/mol. The van der Waals surface area contributed by atoms with Gasteiger partial charge in [-0.15, -0.1) is 0 Å². The topological polar surface area (TPSA) is 96.3 Å². The van der Waals surface area contributed by atoms with Crippen LogP contribution in [0.2, 0.25) is 0 Å². The number of carbonyl (C=O) groups is 2. The summed E-state index contributed by atoms with van der Waals surface area (Å²) in [7, 11) is 0. The number of carbonyl (C=O) groups excluding carboxylic acids is 2. The molecule has 0 spiro atoms. The number of amides is 3. The second-order valence-electron chi connectivity index (χ2n) is 7.71. The Morgan fingerprint density at radius 3 is 2.42 bits per heavy atom. The van der Waals surface area contributed by atoms with Gasteiger partial charge in [-0.3, -0.25) is 4.79 Å². The smallest absolute Gasteiger partial charge is 0.319 e. The second kappa shape index (κ2) is 10.4. The average Bonchev–Trinajstić information content (AvgIpc) is 3.21. The fraction of sp³-hybridized carbons (Fsp3) is 0.292. The van der Waals surface area contributed by atoms with Gasteiger partial charge in [0.25, 0.3) is 0 Å². The van der Waals surface area contributed by atoms with E-state index in [9.17, 15) is 9.59 Å². The largest absolute Gasteiger partial charge is 0.441 e. The van der Waals surface area contributed by atoms with Crippen molar-refractivity contribution in [3.63, 3.8) is 0 Å². The van der Waals surface area contributed by atoms with Crippen molar-refractivity contribution in [3.8, 4) is 11.3 Å². The highest BCUT2D eigenvalue weighted by atomic mass is 16.4. The zero-order chi connectivity index (χ0) is 22.2. The molecule has 0 aliphatic carbocycles. The lowest BCUT2D eigenvalue weighted by atomic mass is 10.1. The Morgan fingerprint density at radius 1 is 1.03 bits per heavy atom. The lowest BCUT2D eigenvalue weighted by Crippen LogP contribution is -2.34. The molecule has 1 aromatic heterocycles. The van der Waals surface area contributed by atoms with Crippen LogP contribution in [0.1, 0.15) is 37.3 Å². The summed E-state index contributed by atoms with van der Waals surface area (Å²) < 4.78 is 5.76. The number of nitrogens with zero attached hydrogens (tertiary/aromatic N) is 1. The number of hydrogen-bond acceptors (Lipinski definition) is 4. The first-order chi connectivity index (χ1) is 14.9. The Hall–Kier alpha value is -3.61. The van der Waals surface area contributed by atoms with Gasteiger partial charge in [0.2, 0.25) is 5.91 Å². The quantitative estimate of drug-likeness (QED) is 0.502. The molecule has 3 N–H and O–H groups in total. The minimum absolute atomic E-state index is 0.0695. The van der Waals surface area contributed by atoms with E-state index in [1.807, 2.05) is 57.2 Å². The molecule has 31 heavy (non-hydrogen) atoms. The third kappa shape index (κ3) is 6.99. The molecule has 2 aromatic carbocycles. The van der Waals surface area contributed by atoms with Gasteiger partial charge in [-0.25, -0.2) is 9.78 Å². The van der Waals surface area contributed by atoms with Crippen molar-refractivity contribution in [2.24, 2.45) is 0 Å². The maximum Gasteiger partial charge on any atom is 0.319 e. The van der Waals surface area contributed by atoms with Crippen molar-refractivity contribution < 1.29 is 14.0 Å². The van der Waals surface area contributed by atoms with Crippen LogP contribution in [-0.4, -0.2) is 23.0 Å². The summed E-state index contributed by atoms with van der Waals surface area (Å²) in [5.41, 5.74) is 3.79. The second-order valence-corrected chi connectivity index (χ2v) is 7.71. The van der Waals surface area contributed by atoms with Gasteiger partial charge in [0.05, 0.1) is 6.20 Å². The zero-order valence-corrected chi connectivity index (χ0v) is 18.1. The number of oxazole rings is 1. The van der Waals surface area contributed by atoms with E-state index >= 15 is 0 Å². The SMILES string of the molecule is Cc1ccc(-c2cnc(CCC(=O)NCc3ccc(NC(=O)NC(C)C)cc3)o2)cc1. The van der Waals surface area contributed by atoms with E-state index in [1.165, 1.54) is 5.56 Å². The lowest BCUT2D eigenvalue weighted by molar-refractivity contribution is -0.121. The number of nitrogens with one attached hydrogen (secondary N) is 3. The normalized spacial score (nSPS) is 10.7. The molecule has 0 aliphatic rings. The van der Waals surface area contributed by atoms with Gasteiger partial charge in [0.1, 0.15) is 0 Å². The minimum atomic E-state index is -0.242. The molecule has 3 rings (SSSR count). The Bertz CT molecular complexity index is 1010. The van der Waals surface area contributed by atoms with E-state index in [4.69, 9.17) is 4.42 Å². The highest BCUT2D eigenvalue weighted by Crippen LogP contribution is 2.21. The molecule has 0 saturated heterocycles. The Labute approximate surface area is 182 Å². The maximum atomic E-state index is 12.2. The van der Waals surface area contributed by atoms with E-state index in [1.54, 1.807) is 18.3 Å². The number of benzene rings is 2. The molecule has 0 aliphatic heterocycles. The third-order valence-corrected chi connectivity index (χ3v) is 4.58. The summed E-state index contributed by atoms with van der Waals surface area (Å²) >= 11 is 0. The fourth-order valence-corrected chi connectivity index (χ4v) is 2.92. The molecule has 3 aromatic rings. The Kier molecular flexibility index (Phi) is 7.43. The number of aromatic nitrogens is 1. The third-order valence-electron chi connectivity index (χ3n) is 4.58. The van der Waals surface area contributed by atoms with E-state index in [0.29, 0.717) is 36.7 Å². The highest BCUT2D eigenvalue weighted by molar-refractivity contribution is 5.89. The molecule has 3 amide bonds. The van der Waals surface area contributed by atoms with Crippen molar-refractivity contribution in [1.29, 1.82) is 0 Å². The lowest BCUT2D eigenvalue weighted by Gasteiger charge is -2.10. The summed E-state index contributed by atoms with van der Waals surface area (Å²) in [5.74, 6) is 1.17. The highest BCUT2D eigenvalue weighted by Gasteiger charge is 2.09. The van der Waals surface area contributed by atoms with Gasteiger partial charge < -0.3 is 20.4 Å². The van der Waals surface area contributed by atoms with Gasteiger partial charge in [0.15, 0.2) is 11.7 Å². The average molecular weight is 421 g/mol. The van der Waals surface area contributed by atoms with Gasteiger partial charge in [-0.2, -0.15) is 0 Å². The van der Waals surface area contributed by atoms with E-state index in [2.05, 4.69) is 20.9 Å². The fourth-order valence-electron chi connectivity index (χ4n) is 2.92. The standard InChI is InChI=1S/C24H28N4O3/c1-16(2)27-24(30)28-20-10-6-18(7-11-20)14-25-22(29)12-13-23-26-15-21(31-23)19-8-4-17(3)5-9-19/h4-11,15-16H,12-14H2,1-3H3,(H,25,29)(H2,27,28,30). The van der Waals surface area contributed by atoms with Crippen LogP contribution >= 0.6 is 0 Å². The van der Waals surface area contributed by atoms with Gasteiger partial charge in [-0.1, -0.05) is 42.0 Å². The first kappa shape index (κ1) is 22.1. The van der Waals surface area contributed by atoms with Crippen molar-refractivity contribution in [3.05, 3.63) is 71.7 Å². The summed E-state index contributed by atoms with van der Waals surface area (Å²) in [4.78, 5) is 28.2. The summed E-state index contributed by atoms with van der Waals surface area (Å²) in [6.45, 7) is 6.25. The molecule has 1 heterocycles. The van der Waals surface area contributed by atoms with Gasteiger partial charge >= 0.3 is 6.03 Å². The van der Waals surface area contributed by atoms with Crippen molar-refractivity contribution in [1.82, 2.24) is 15.6 Å². The summed E-state index contributed by atoms with van der Waals surface area (Å²) in [6.07, 6.45) is 2.42. The number of hydrogen-bond donors (Lipinski definition) is 3. The number of aryl methyl sites for hydroxylation is 2. The molecule has 0 fully saturated rings. The Balaban J connectivity index is 1.42. The van der Waals surface area contributed by atoms with Crippen LogP contribution < -0.4 is 16.0 Å². The van der Waals surface area contributed by atoms with Crippen LogP contribution in [0.4, 0.5) is 10.5 Å². The zero-order valence-electron chi connectivity index (χ0n) is 18.1. The van der Waals surface area contributed by atoms with E-state index in [0.717, 1.165) is 11.1 Å². The first-order valence-electron chi connectivity index (χ1n) is 10.3. The molecule has 7 heteroatoms. The number of anilines is 1. The molecule has 0 radical (unpaired) electrons. The molecular weight excluding hydrogens is 392 g/mol. The summed E-state index contributed by atoms with van der Waals surface area (Å²) in [6, 6.07) is 15.2. The monoisotopic (exact) mass is 420 g/mol. The summed E-state index contributed by atoms with van der Waals surface area (Å²) in [5, 5.41) is 8.42.